The van der Waals surface area contributed by atoms with E-state index in [1.54, 1.807) is 4.90 Å². The summed E-state index contributed by atoms with van der Waals surface area (Å²) in [5.74, 6) is 0.107. The van der Waals surface area contributed by atoms with E-state index in [0.29, 0.717) is 37.2 Å². The summed E-state index contributed by atoms with van der Waals surface area (Å²) in [5, 5.41) is 1.06. The molecule has 1 aliphatic heterocycles. The van der Waals surface area contributed by atoms with Gasteiger partial charge < -0.3 is 15.6 Å². The van der Waals surface area contributed by atoms with Gasteiger partial charge in [0.1, 0.15) is 0 Å². The Bertz CT molecular complexity index is 988. The number of hydrogen-bond donors (Lipinski definition) is 3. The predicted molar refractivity (Wildman–Crippen MR) is 90.4 cm³/mol. The van der Waals surface area contributed by atoms with Gasteiger partial charge in [-0.3, -0.25) is 14.6 Å². The van der Waals surface area contributed by atoms with Gasteiger partial charge in [0.05, 0.1) is 18.7 Å². The average Bonchev–Trinajstić information content (AvgIpc) is 2.97. The Morgan fingerprint density at radius 1 is 1.33 bits per heavy atom. The van der Waals surface area contributed by atoms with Crippen molar-refractivity contribution < 1.29 is 4.79 Å². The summed E-state index contributed by atoms with van der Waals surface area (Å²) < 4.78 is 0. The van der Waals surface area contributed by atoms with Gasteiger partial charge in [-0.2, -0.15) is 0 Å². The summed E-state index contributed by atoms with van der Waals surface area (Å²) in [6.45, 7) is 0.841. The van der Waals surface area contributed by atoms with E-state index in [2.05, 4.69) is 15.0 Å². The van der Waals surface area contributed by atoms with Gasteiger partial charge in [0.25, 0.3) is 5.56 Å². The summed E-state index contributed by atoms with van der Waals surface area (Å²) in [7, 11) is 0. The number of nitrogens with zero attached hydrogens (tertiary/aromatic N) is 2. The second kappa shape index (κ2) is 5.52. The van der Waals surface area contributed by atoms with Crippen molar-refractivity contribution in [3.63, 3.8) is 0 Å². The third-order valence-corrected chi connectivity index (χ3v) is 4.46. The van der Waals surface area contributed by atoms with Crippen LogP contribution in [0.2, 0.25) is 0 Å². The van der Waals surface area contributed by atoms with Crippen molar-refractivity contribution in [2.45, 2.75) is 19.4 Å². The maximum atomic E-state index is 12.7. The number of anilines is 1. The highest BCUT2D eigenvalue weighted by Crippen LogP contribution is 2.20. The fourth-order valence-electron chi connectivity index (χ4n) is 3.22. The molecule has 0 unspecified atom stereocenters. The van der Waals surface area contributed by atoms with Crippen LogP contribution in [0, 0.1) is 0 Å². The van der Waals surface area contributed by atoms with E-state index >= 15 is 0 Å². The molecule has 7 heteroatoms. The SMILES string of the molecule is Nc1nc2c(c(=O)[nH]1)CCN(C(=O)Cc1c[nH]c3ccccc13)C2. The molecule has 1 amide bonds. The molecule has 0 spiro atoms. The smallest absolute Gasteiger partial charge is 0.255 e. The molecule has 24 heavy (non-hydrogen) atoms. The van der Waals surface area contributed by atoms with Crippen molar-refractivity contribution >= 4 is 22.8 Å². The van der Waals surface area contributed by atoms with Crippen LogP contribution in [0.15, 0.2) is 35.3 Å². The van der Waals surface area contributed by atoms with E-state index in [0.717, 1.165) is 16.5 Å². The third-order valence-electron chi connectivity index (χ3n) is 4.46. The number of nitrogens with two attached hydrogens (primary N) is 1. The molecule has 0 saturated heterocycles. The van der Waals surface area contributed by atoms with Crippen molar-refractivity contribution in [3.8, 4) is 0 Å². The Morgan fingerprint density at radius 2 is 2.17 bits per heavy atom. The number of carbonyl (C=O) groups excluding carboxylic acids is 1. The molecule has 122 valence electrons. The van der Waals surface area contributed by atoms with Gasteiger partial charge in [0, 0.05) is 29.2 Å². The van der Waals surface area contributed by atoms with E-state index in [1.165, 1.54) is 0 Å². The van der Waals surface area contributed by atoms with Crippen LogP contribution in [0.25, 0.3) is 10.9 Å². The zero-order valence-electron chi connectivity index (χ0n) is 13.0. The van der Waals surface area contributed by atoms with Crippen LogP contribution < -0.4 is 11.3 Å². The fourth-order valence-corrected chi connectivity index (χ4v) is 3.22. The monoisotopic (exact) mass is 323 g/mol. The standard InChI is InChI=1S/C17H17N5O2/c18-17-20-14-9-22(6-5-12(14)16(24)21-17)15(23)7-10-8-19-13-4-2-1-3-11(10)13/h1-4,8,19H,5-7,9H2,(H3,18,20,21,24). The lowest BCUT2D eigenvalue weighted by molar-refractivity contribution is -0.131. The molecule has 0 saturated carbocycles. The maximum Gasteiger partial charge on any atom is 0.255 e. The number of nitrogens with one attached hydrogen (secondary N) is 2. The lowest BCUT2D eigenvalue weighted by Crippen LogP contribution is -2.40. The number of fused-ring (bicyclic) bond motifs is 2. The topological polar surface area (TPSA) is 108 Å². The molecule has 0 atom stereocenters. The number of aromatic amines is 2. The highest BCUT2D eigenvalue weighted by molar-refractivity contribution is 5.88. The summed E-state index contributed by atoms with van der Waals surface area (Å²) in [5.41, 5.74) is 8.60. The minimum absolute atomic E-state index is 0.0195. The molecular formula is C17H17N5O2. The van der Waals surface area contributed by atoms with E-state index in [4.69, 9.17) is 5.73 Å². The molecular weight excluding hydrogens is 306 g/mol. The van der Waals surface area contributed by atoms with E-state index in [1.807, 2.05) is 30.5 Å². The first-order chi connectivity index (χ1) is 11.6. The quantitative estimate of drug-likeness (QED) is 0.653. The van der Waals surface area contributed by atoms with E-state index < -0.39 is 0 Å². The minimum atomic E-state index is -0.207. The molecule has 2 aromatic heterocycles. The van der Waals surface area contributed by atoms with Gasteiger partial charge in [0.15, 0.2) is 0 Å². The number of benzene rings is 1. The summed E-state index contributed by atoms with van der Waals surface area (Å²) in [6, 6.07) is 7.90. The van der Waals surface area contributed by atoms with Gasteiger partial charge in [-0.1, -0.05) is 18.2 Å². The predicted octanol–water partition coefficient (Wildman–Crippen LogP) is 0.961. The first kappa shape index (κ1) is 14.5. The third kappa shape index (κ3) is 2.44. The minimum Gasteiger partial charge on any atom is -0.369 e. The lowest BCUT2D eigenvalue weighted by Gasteiger charge is -2.27. The summed E-state index contributed by atoms with van der Waals surface area (Å²) in [4.78, 5) is 36.1. The molecule has 1 aromatic carbocycles. The van der Waals surface area contributed by atoms with Crippen molar-refractivity contribution in [2.24, 2.45) is 0 Å². The number of hydrogen-bond acceptors (Lipinski definition) is 4. The lowest BCUT2D eigenvalue weighted by atomic mass is 10.0. The maximum absolute atomic E-state index is 12.7. The number of carbonyl (C=O) groups is 1. The molecule has 0 radical (unpaired) electrons. The second-order valence-corrected chi connectivity index (χ2v) is 5.98. The van der Waals surface area contributed by atoms with Crippen LogP contribution in [-0.2, 0) is 24.2 Å². The molecule has 0 bridgehead atoms. The van der Waals surface area contributed by atoms with Crippen LogP contribution in [0.4, 0.5) is 5.95 Å². The second-order valence-electron chi connectivity index (χ2n) is 5.98. The molecule has 0 fully saturated rings. The van der Waals surface area contributed by atoms with Crippen LogP contribution in [-0.4, -0.2) is 32.3 Å². The summed E-state index contributed by atoms with van der Waals surface area (Å²) in [6.07, 6.45) is 2.69. The summed E-state index contributed by atoms with van der Waals surface area (Å²) >= 11 is 0. The Hall–Kier alpha value is -3.09. The molecule has 3 aromatic rings. The van der Waals surface area contributed by atoms with Crippen LogP contribution in [0.3, 0.4) is 0 Å². The molecule has 1 aliphatic rings. The normalized spacial score (nSPS) is 13.9. The van der Waals surface area contributed by atoms with Crippen LogP contribution >= 0.6 is 0 Å². The van der Waals surface area contributed by atoms with Gasteiger partial charge in [-0.15, -0.1) is 0 Å². The number of H-pyrrole nitrogens is 2. The highest BCUT2D eigenvalue weighted by Gasteiger charge is 2.24. The molecule has 4 rings (SSSR count). The van der Waals surface area contributed by atoms with Crippen molar-refractivity contribution in [2.75, 3.05) is 12.3 Å². The number of aromatic nitrogens is 3. The van der Waals surface area contributed by atoms with Crippen molar-refractivity contribution in [3.05, 3.63) is 57.6 Å². The van der Waals surface area contributed by atoms with Crippen molar-refractivity contribution in [1.29, 1.82) is 0 Å². The number of amides is 1. The van der Waals surface area contributed by atoms with Crippen LogP contribution in [0.1, 0.15) is 16.8 Å². The Morgan fingerprint density at radius 3 is 3.04 bits per heavy atom. The van der Waals surface area contributed by atoms with Gasteiger partial charge >= 0.3 is 0 Å². The number of nitrogen functional groups attached to an aromatic ring is 1. The first-order valence-corrected chi connectivity index (χ1v) is 7.82. The Labute approximate surface area is 137 Å². The highest BCUT2D eigenvalue weighted by atomic mass is 16.2. The van der Waals surface area contributed by atoms with Gasteiger partial charge in [0.2, 0.25) is 11.9 Å². The molecule has 7 nitrogen and oxygen atoms in total. The van der Waals surface area contributed by atoms with Crippen molar-refractivity contribution in [1.82, 2.24) is 19.9 Å². The molecule has 4 N–H and O–H groups in total. The zero-order valence-corrected chi connectivity index (χ0v) is 13.0. The van der Waals surface area contributed by atoms with Gasteiger partial charge in [-0.25, -0.2) is 4.98 Å². The molecule has 3 heterocycles. The Balaban J connectivity index is 1.56. The number of rotatable bonds is 2. The van der Waals surface area contributed by atoms with E-state index in [9.17, 15) is 9.59 Å². The fraction of sp³-hybridized carbons (Fsp3) is 0.235. The van der Waals surface area contributed by atoms with Crippen LogP contribution in [0.5, 0.6) is 0 Å². The molecule has 0 aliphatic carbocycles. The average molecular weight is 323 g/mol. The largest absolute Gasteiger partial charge is 0.369 e. The van der Waals surface area contributed by atoms with Gasteiger partial charge in [-0.05, 0) is 18.1 Å². The first-order valence-electron chi connectivity index (χ1n) is 7.82. The number of para-hydroxylation sites is 1. The zero-order chi connectivity index (χ0) is 16.7. The Kier molecular flexibility index (Phi) is 3.34. The van der Waals surface area contributed by atoms with E-state index in [-0.39, 0.29) is 17.4 Å².